The van der Waals surface area contributed by atoms with Crippen molar-refractivity contribution in [2.45, 2.75) is 0 Å². The number of carboxylic acids is 1. The standard InChI is InChI=1S/C22H21N5O3/c28-20(29)17-14-23-21(24-15-17)26-10-12-27(13-11-26)22(30)25-19-9-5-4-8-18(19)16-6-2-1-3-7-16/h1-9,14-15H,10-13H2,(H,25,30)(H,28,29). The molecule has 2 heterocycles. The van der Waals surface area contributed by atoms with Gasteiger partial charge >= 0.3 is 12.0 Å². The van der Waals surface area contributed by atoms with Gasteiger partial charge in [0.2, 0.25) is 5.95 Å². The maximum Gasteiger partial charge on any atom is 0.338 e. The van der Waals surface area contributed by atoms with Crippen LogP contribution in [-0.2, 0) is 0 Å². The number of hydrogen-bond acceptors (Lipinski definition) is 5. The van der Waals surface area contributed by atoms with E-state index in [0.29, 0.717) is 32.1 Å². The summed E-state index contributed by atoms with van der Waals surface area (Å²) in [5.74, 6) is -0.590. The third-order valence-corrected chi connectivity index (χ3v) is 4.99. The molecular formula is C22H21N5O3. The van der Waals surface area contributed by atoms with Crippen LogP contribution in [0, 0.1) is 0 Å². The molecule has 0 bridgehead atoms. The molecule has 0 saturated carbocycles. The summed E-state index contributed by atoms with van der Waals surface area (Å²) in [6, 6.07) is 17.5. The van der Waals surface area contributed by atoms with Crippen LogP contribution in [0.1, 0.15) is 10.4 Å². The SMILES string of the molecule is O=C(O)c1cnc(N2CCN(C(=O)Nc3ccccc3-c3ccccc3)CC2)nc1. The molecule has 0 aliphatic carbocycles. The Labute approximate surface area is 173 Å². The minimum Gasteiger partial charge on any atom is -0.478 e. The zero-order chi connectivity index (χ0) is 20.9. The van der Waals surface area contributed by atoms with Gasteiger partial charge in [0.1, 0.15) is 0 Å². The van der Waals surface area contributed by atoms with E-state index in [1.807, 2.05) is 59.5 Å². The fraction of sp³-hybridized carbons (Fsp3) is 0.182. The van der Waals surface area contributed by atoms with Gasteiger partial charge in [-0.1, -0.05) is 48.5 Å². The number of para-hydroxylation sites is 1. The summed E-state index contributed by atoms with van der Waals surface area (Å²) >= 11 is 0. The summed E-state index contributed by atoms with van der Waals surface area (Å²) < 4.78 is 0. The summed E-state index contributed by atoms with van der Waals surface area (Å²) in [4.78, 5) is 35.7. The number of carbonyl (C=O) groups is 2. The van der Waals surface area contributed by atoms with Crippen molar-refractivity contribution >= 4 is 23.6 Å². The monoisotopic (exact) mass is 403 g/mol. The molecule has 8 heteroatoms. The van der Waals surface area contributed by atoms with E-state index in [0.717, 1.165) is 16.8 Å². The van der Waals surface area contributed by atoms with Crippen molar-refractivity contribution in [2.75, 3.05) is 36.4 Å². The second-order valence-electron chi connectivity index (χ2n) is 6.89. The van der Waals surface area contributed by atoms with Gasteiger partial charge in [0.25, 0.3) is 0 Å². The minimum atomic E-state index is -1.06. The van der Waals surface area contributed by atoms with Crippen molar-refractivity contribution in [3.05, 3.63) is 72.6 Å². The number of anilines is 2. The molecule has 30 heavy (non-hydrogen) atoms. The summed E-state index contributed by atoms with van der Waals surface area (Å²) in [5.41, 5.74) is 2.83. The van der Waals surface area contributed by atoms with Gasteiger partial charge in [0.15, 0.2) is 0 Å². The van der Waals surface area contributed by atoms with Crippen molar-refractivity contribution in [3.63, 3.8) is 0 Å². The molecule has 2 aromatic carbocycles. The number of benzene rings is 2. The lowest BCUT2D eigenvalue weighted by Gasteiger charge is -2.34. The Hall–Kier alpha value is -3.94. The van der Waals surface area contributed by atoms with Gasteiger partial charge in [-0.2, -0.15) is 0 Å². The van der Waals surface area contributed by atoms with E-state index in [1.165, 1.54) is 12.4 Å². The molecule has 1 fully saturated rings. The summed E-state index contributed by atoms with van der Waals surface area (Å²) in [5, 5.41) is 12.0. The molecule has 4 rings (SSSR count). The topological polar surface area (TPSA) is 98.7 Å². The number of carboxylic acid groups (broad SMARTS) is 1. The van der Waals surface area contributed by atoms with Crippen LogP contribution in [0.25, 0.3) is 11.1 Å². The number of amides is 2. The van der Waals surface area contributed by atoms with Gasteiger partial charge in [-0.25, -0.2) is 19.6 Å². The molecule has 1 aromatic heterocycles. The van der Waals surface area contributed by atoms with Crippen molar-refractivity contribution in [1.82, 2.24) is 14.9 Å². The summed E-state index contributed by atoms with van der Waals surface area (Å²) in [7, 11) is 0. The van der Waals surface area contributed by atoms with Crippen molar-refractivity contribution in [1.29, 1.82) is 0 Å². The first-order chi connectivity index (χ1) is 14.6. The molecule has 2 N–H and O–H groups in total. The molecule has 1 aliphatic rings. The highest BCUT2D eigenvalue weighted by atomic mass is 16.4. The molecule has 0 spiro atoms. The number of rotatable bonds is 4. The normalized spacial score (nSPS) is 13.7. The Kier molecular flexibility index (Phi) is 5.56. The van der Waals surface area contributed by atoms with E-state index >= 15 is 0 Å². The van der Waals surface area contributed by atoms with Crippen LogP contribution in [0.5, 0.6) is 0 Å². The number of nitrogens with zero attached hydrogens (tertiary/aromatic N) is 4. The Morgan fingerprint density at radius 2 is 1.50 bits per heavy atom. The van der Waals surface area contributed by atoms with Gasteiger partial charge in [0.05, 0.1) is 11.3 Å². The lowest BCUT2D eigenvalue weighted by molar-refractivity contribution is 0.0696. The summed E-state index contributed by atoms with van der Waals surface area (Å²) in [6.45, 7) is 2.17. The first-order valence-corrected chi connectivity index (χ1v) is 9.62. The van der Waals surface area contributed by atoms with E-state index < -0.39 is 5.97 Å². The highest BCUT2D eigenvalue weighted by Crippen LogP contribution is 2.27. The van der Waals surface area contributed by atoms with Crippen LogP contribution in [0.4, 0.5) is 16.4 Å². The zero-order valence-electron chi connectivity index (χ0n) is 16.2. The molecule has 0 atom stereocenters. The third-order valence-electron chi connectivity index (χ3n) is 4.99. The molecule has 0 radical (unpaired) electrons. The summed E-state index contributed by atoms with van der Waals surface area (Å²) in [6.07, 6.45) is 2.59. The highest BCUT2D eigenvalue weighted by molar-refractivity contribution is 5.94. The maximum absolute atomic E-state index is 12.8. The van der Waals surface area contributed by atoms with E-state index in [1.54, 1.807) is 4.90 Å². The molecule has 1 aliphatic heterocycles. The smallest absolute Gasteiger partial charge is 0.338 e. The number of aromatic carboxylic acids is 1. The Balaban J connectivity index is 1.39. The van der Waals surface area contributed by atoms with Crippen LogP contribution < -0.4 is 10.2 Å². The maximum atomic E-state index is 12.8. The average molecular weight is 403 g/mol. The van der Waals surface area contributed by atoms with E-state index in [-0.39, 0.29) is 11.6 Å². The van der Waals surface area contributed by atoms with Crippen molar-refractivity contribution in [2.24, 2.45) is 0 Å². The predicted molar refractivity (Wildman–Crippen MR) is 114 cm³/mol. The van der Waals surface area contributed by atoms with Crippen LogP contribution in [0.3, 0.4) is 0 Å². The molecular weight excluding hydrogens is 382 g/mol. The molecule has 152 valence electrons. The van der Waals surface area contributed by atoms with Gasteiger partial charge in [-0.05, 0) is 11.6 Å². The molecule has 2 amide bonds. The van der Waals surface area contributed by atoms with E-state index in [4.69, 9.17) is 5.11 Å². The highest BCUT2D eigenvalue weighted by Gasteiger charge is 2.23. The minimum absolute atomic E-state index is 0.0499. The van der Waals surface area contributed by atoms with E-state index in [2.05, 4.69) is 15.3 Å². The Morgan fingerprint density at radius 1 is 0.867 bits per heavy atom. The largest absolute Gasteiger partial charge is 0.478 e. The molecule has 3 aromatic rings. The Bertz CT molecular complexity index is 1030. The van der Waals surface area contributed by atoms with Crippen molar-refractivity contribution < 1.29 is 14.7 Å². The quantitative estimate of drug-likeness (QED) is 0.694. The van der Waals surface area contributed by atoms with Gasteiger partial charge in [-0.3, -0.25) is 0 Å². The Morgan fingerprint density at radius 3 is 2.17 bits per heavy atom. The van der Waals surface area contributed by atoms with Crippen LogP contribution >= 0.6 is 0 Å². The fourth-order valence-electron chi connectivity index (χ4n) is 3.36. The third kappa shape index (κ3) is 4.22. The number of aromatic nitrogens is 2. The van der Waals surface area contributed by atoms with Crippen molar-refractivity contribution in [3.8, 4) is 11.1 Å². The predicted octanol–water partition coefficient (Wildman–Crippen LogP) is 3.20. The fourth-order valence-corrected chi connectivity index (χ4v) is 3.36. The van der Waals surface area contributed by atoms with Gasteiger partial charge in [-0.15, -0.1) is 0 Å². The van der Waals surface area contributed by atoms with Gasteiger partial charge < -0.3 is 20.2 Å². The van der Waals surface area contributed by atoms with Crippen LogP contribution in [0.15, 0.2) is 67.0 Å². The lowest BCUT2D eigenvalue weighted by Crippen LogP contribution is -2.50. The zero-order valence-corrected chi connectivity index (χ0v) is 16.2. The number of nitrogens with one attached hydrogen (secondary N) is 1. The lowest BCUT2D eigenvalue weighted by atomic mass is 10.0. The number of carbonyl (C=O) groups excluding carboxylic acids is 1. The second-order valence-corrected chi connectivity index (χ2v) is 6.89. The average Bonchev–Trinajstić information content (AvgIpc) is 2.80. The number of hydrogen-bond donors (Lipinski definition) is 2. The number of piperazine rings is 1. The molecule has 8 nitrogen and oxygen atoms in total. The van der Waals surface area contributed by atoms with Gasteiger partial charge in [0, 0.05) is 44.1 Å². The number of urea groups is 1. The first kappa shape index (κ1) is 19.4. The first-order valence-electron chi connectivity index (χ1n) is 9.62. The van der Waals surface area contributed by atoms with E-state index in [9.17, 15) is 9.59 Å². The van der Waals surface area contributed by atoms with Crippen LogP contribution in [-0.4, -0.2) is 58.2 Å². The van der Waals surface area contributed by atoms with Crippen LogP contribution in [0.2, 0.25) is 0 Å². The second kappa shape index (κ2) is 8.60. The molecule has 1 saturated heterocycles. The molecule has 0 unspecified atom stereocenters.